The Kier molecular flexibility index (Phi) is 6.43. The number of aliphatic hydroxyl groups excluding tert-OH is 1. The van der Waals surface area contributed by atoms with Gasteiger partial charge in [-0.3, -0.25) is 4.57 Å². The Morgan fingerprint density at radius 3 is 2.39 bits per heavy atom. The van der Waals surface area contributed by atoms with Gasteiger partial charge in [-0.2, -0.15) is 18.3 Å². The van der Waals surface area contributed by atoms with Crippen LogP contribution in [0.5, 0.6) is 0 Å². The molecule has 0 aliphatic rings. The maximum absolute atomic E-state index is 13.0. The summed E-state index contributed by atoms with van der Waals surface area (Å²) in [4.78, 5) is 0. The average Bonchev–Trinajstić information content (AvgIpc) is 3.37. The van der Waals surface area contributed by atoms with Crippen molar-refractivity contribution in [2.75, 3.05) is 11.5 Å². The van der Waals surface area contributed by atoms with Crippen LogP contribution in [0.1, 0.15) is 24.2 Å². The van der Waals surface area contributed by atoms with E-state index in [2.05, 4.69) is 15.3 Å². The topological polar surface area (TPSA) is 94.8 Å². The number of aliphatic hydroxyl groups is 1. The molecule has 172 valence electrons. The van der Waals surface area contributed by atoms with Gasteiger partial charge in [0.25, 0.3) is 0 Å². The van der Waals surface area contributed by atoms with Gasteiger partial charge in [0.1, 0.15) is 5.82 Å². The van der Waals surface area contributed by atoms with Crippen LogP contribution < -0.4 is 5.73 Å². The van der Waals surface area contributed by atoms with Crippen molar-refractivity contribution >= 4 is 17.6 Å². The fourth-order valence-electron chi connectivity index (χ4n) is 3.36. The highest BCUT2D eigenvalue weighted by atomic mass is 32.2. The van der Waals surface area contributed by atoms with Gasteiger partial charge in [0.15, 0.2) is 11.0 Å². The summed E-state index contributed by atoms with van der Waals surface area (Å²) in [6.45, 7) is 2.06. The number of halogens is 3. The van der Waals surface area contributed by atoms with E-state index >= 15 is 0 Å². The van der Waals surface area contributed by atoms with Crippen LogP contribution in [0.4, 0.5) is 19.0 Å². The van der Waals surface area contributed by atoms with Crippen molar-refractivity contribution in [2.45, 2.75) is 30.9 Å². The molecule has 1 atom stereocenters. The van der Waals surface area contributed by atoms with E-state index in [9.17, 15) is 18.3 Å². The lowest BCUT2D eigenvalue weighted by Crippen LogP contribution is -2.12. The molecule has 2 heterocycles. The van der Waals surface area contributed by atoms with E-state index in [1.165, 1.54) is 34.8 Å². The van der Waals surface area contributed by atoms with Crippen LogP contribution in [0.3, 0.4) is 0 Å². The molecule has 0 radical (unpaired) electrons. The fraction of sp³-hybridized carbons (Fsp3) is 0.227. The van der Waals surface area contributed by atoms with Gasteiger partial charge < -0.3 is 10.8 Å². The van der Waals surface area contributed by atoms with Crippen LogP contribution in [0.25, 0.3) is 17.1 Å². The number of rotatable bonds is 7. The first kappa shape index (κ1) is 22.9. The first-order chi connectivity index (χ1) is 15.8. The largest absolute Gasteiger partial charge is 0.416 e. The molecule has 1 unspecified atom stereocenters. The summed E-state index contributed by atoms with van der Waals surface area (Å²) in [5, 5.41) is 23.8. The number of hydrogen-bond donors (Lipinski definition) is 2. The van der Waals surface area contributed by atoms with E-state index in [0.717, 1.165) is 17.7 Å². The summed E-state index contributed by atoms with van der Waals surface area (Å²) in [6, 6.07) is 13.9. The zero-order valence-corrected chi connectivity index (χ0v) is 18.4. The Morgan fingerprint density at radius 2 is 1.76 bits per heavy atom. The molecule has 7 nitrogen and oxygen atoms in total. The Hall–Kier alpha value is -3.31. The first-order valence-corrected chi connectivity index (χ1v) is 11.1. The van der Waals surface area contributed by atoms with E-state index in [1.54, 1.807) is 16.7 Å². The molecule has 4 rings (SSSR count). The molecule has 11 heteroatoms. The predicted molar refractivity (Wildman–Crippen MR) is 120 cm³/mol. The van der Waals surface area contributed by atoms with Gasteiger partial charge in [-0.15, -0.1) is 10.2 Å². The van der Waals surface area contributed by atoms with Crippen LogP contribution in [-0.4, -0.2) is 35.4 Å². The number of anilines is 1. The molecule has 0 saturated carbocycles. The SMILES string of the molecule is CCSc1nnc(-c2cnn(CC(O)c3ccccc3)c2N)n1-c1ccc(C(F)(F)F)cc1. The van der Waals surface area contributed by atoms with Gasteiger partial charge in [-0.05, 0) is 35.6 Å². The van der Waals surface area contributed by atoms with E-state index in [4.69, 9.17) is 5.73 Å². The van der Waals surface area contributed by atoms with Crippen molar-refractivity contribution in [1.82, 2.24) is 24.5 Å². The molecule has 0 saturated heterocycles. The number of thioether (sulfide) groups is 1. The summed E-state index contributed by atoms with van der Waals surface area (Å²) in [6.07, 6.45) is -3.74. The lowest BCUT2D eigenvalue weighted by Gasteiger charge is -2.13. The molecule has 0 fully saturated rings. The molecule has 0 bridgehead atoms. The molecule has 4 aromatic rings. The summed E-state index contributed by atoms with van der Waals surface area (Å²) >= 11 is 1.40. The van der Waals surface area contributed by atoms with Crippen molar-refractivity contribution in [2.24, 2.45) is 0 Å². The highest BCUT2D eigenvalue weighted by molar-refractivity contribution is 7.99. The standard InChI is InChI=1S/C22H21F3N6OS/c1-2-33-21-29-28-20(31(21)16-10-8-15(9-11-16)22(23,24)25)17-12-27-30(19(17)26)13-18(32)14-6-4-3-5-7-14/h3-12,18,32H,2,13,26H2,1H3. The Bertz CT molecular complexity index is 1220. The zero-order valence-electron chi connectivity index (χ0n) is 17.6. The third-order valence-corrected chi connectivity index (χ3v) is 5.82. The second kappa shape index (κ2) is 9.28. The van der Waals surface area contributed by atoms with Crippen LogP contribution in [0.15, 0.2) is 66.0 Å². The normalized spacial score (nSPS) is 12.8. The van der Waals surface area contributed by atoms with Crippen molar-refractivity contribution in [1.29, 1.82) is 0 Å². The number of alkyl halides is 3. The molecule has 33 heavy (non-hydrogen) atoms. The summed E-state index contributed by atoms with van der Waals surface area (Å²) in [5.41, 5.74) is 7.24. The van der Waals surface area contributed by atoms with Gasteiger partial charge in [0.2, 0.25) is 0 Å². The van der Waals surface area contributed by atoms with Crippen LogP contribution >= 0.6 is 11.8 Å². The molecular formula is C22H21F3N6OS. The van der Waals surface area contributed by atoms with Gasteiger partial charge in [0.05, 0.1) is 30.0 Å². The molecular weight excluding hydrogens is 453 g/mol. The minimum absolute atomic E-state index is 0.126. The number of nitrogens with zero attached hydrogens (tertiary/aromatic N) is 5. The number of benzene rings is 2. The van der Waals surface area contributed by atoms with Gasteiger partial charge in [0, 0.05) is 5.69 Å². The minimum atomic E-state index is -4.43. The van der Waals surface area contributed by atoms with Crippen molar-refractivity contribution in [3.63, 3.8) is 0 Å². The molecule has 2 aromatic carbocycles. The number of hydrogen-bond acceptors (Lipinski definition) is 6. The Balaban J connectivity index is 1.70. The van der Waals surface area contributed by atoms with Crippen molar-refractivity contribution in [3.8, 4) is 17.1 Å². The lowest BCUT2D eigenvalue weighted by atomic mass is 10.1. The summed E-state index contributed by atoms with van der Waals surface area (Å²) in [5.74, 6) is 1.30. The predicted octanol–water partition coefficient (Wildman–Crippen LogP) is 4.58. The van der Waals surface area contributed by atoms with Crippen LogP contribution in [0, 0.1) is 0 Å². The maximum Gasteiger partial charge on any atom is 0.416 e. The molecule has 2 aromatic heterocycles. The van der Waals surface area contributed by atoms with E-state index in [-0.39, 0.29) is 12.4 Å². The molecule has 0 aliphatic carbocycles. The third-order valence-electron chi connectivity index (χ3n) is 5.01. The summed E-state index contributed by atoms with van der Waals surface area (Å²) in [7, 11) is 0. The Morgan fingerprint density at radius 1 is 1.06 bits per heavy atom. The van der Waals surface area contributed by atoms with Gasteiger partial charge in [-0.1, -0.05) is 49.0 Å². The molecule has 3 N–H and O–H groups in total. The van der Waals surface area contributed by atoms with Crippen LogP contribution in [-0.2, 0) is 12.7 Å². The molecule has 0 aliphatic heterocycles. The summed E-state index contributed by atoms with van der Waals surface area (Å²) < 4.78 is 42.1. The van der Waals surface area contributed by atoms with Gasteiger partial charge in [-0.25, -0.2) is 4.68 Å². The first-order valence-electron chi connectivity index (χ1n) is 10.1. The lowest BCUT2D eigenvalue weighted by molar-refractivity contribution is -0.137. The number of nitrogen functional groups attached to an aromatic ring is 1. The maximum atomic E-state index is 13.0. The monoisotopic (exact) mass is 474 g/mol. The van der Waals surface area contributed by atoms with E-state index in [0.29, 0.717) is 28.0 Å². The third kappa shape index (κ3) is 4.74. The molecule has 0 amide bonds. The number of aromatic nitrogens is 5. The average molecular weight is 475 g/mol. The Labute approximate surface area is 192 Å². The second-order valence-corrected chi connectivity index (χ2v) is 8.40. The zero-order chi connectivity index (χ0) is 23.6. The van der Waals surface area contributed by atoms with Crippen molar-refractivity contribution in [3.05, 3.63) is 71.9 Å². The highest BCUT2D eigenvalue weighted by Gasteiger charge is 2.30. The van der Waals surface area contributed by atoms with E-state index < -0.39 is 17.8 Å². The number of nitrogens with two attached hydrogens (primary N) is 1. The molecule has 0 spiro atoms. The van der Waals surface area contributed by atoms with Crippen molar-refractivity contribution < 1.29 is 18.3 Å². The highest BCUT2D eigenvalue weighted by Crippen LogP contribution is 2.34. The quantitative estimate of drug-likeness (QED) is 0.381. The fourth-order valence-corrected chi connectivity index (χ4v) is 4.03. The van der Waals surface area contributed by atoms with Crippen LogP contribution in [0.2, 0.25) is 0 Å². The smallest absolute Gasteiger partial charge is 0.386 e. The van der Waals surface area contributed by atoms with E-state index in [1.807, 2.05) is 25.1 Å². The second-order valence-electron chi connectivity index (χ2n) is 7.17. The van der Waals surface area contributed by atoms with Gasteiger partial charge >= 0.3 is 6.18 Å². The minimum Gasteiger partial charge on any atom is -0.386 e.